The van der Waals surface area contributed by atoms with Gasteiger partial charge in [0.05, 0.1) is 0 Å². The van der Waals surface area contributed by atoms with Crippen molar-refractivity contribution in [3.63, 3.8) is 0 Å². The molecule has 0 aliphatic heterocycles. The highest BCUT2D eigenvalue weighted by Gasteiger charge is 2.10. The van der Waals surface area contributed by atoms with Gasteiger partial charge in [-0.25, -0.2) is 4.39 Å². The van der Waals surface area contributed by atoms with E-state index in [0.717, 1.165) is 10.0 Å². The molecule has 1 amide bonds. The summed E-state index contributed by atoms with van der Waals surface area (Å²) >= 11 is 3.42. The average Bonchev–Trinajstić information content (AvgIpc) is 3.00. The minimum atomic E-state index is -0.338. The molecule has 3 rings (SSSR count). The summed E-state index contributed by atoms with van der Waals surface area (Å²) < 4.78 is 13.8. The number of rotatable bonds is 4. The molecule has 0 saturated carbocycles. The molecule has 1 N–H and O–H groups in total. The van der Waals surface area contributed by atoms with E-state index >= 15 is 0 Å². The number of hydrogen-bond acceptors (Lipinski definition) is 4. The van der Waals surface area contributed by atoms with Gasteiger partial charge in [-0.1, -0.05) is 22.0 Å². The van der Waals surface area contributed by atoms with Crippen LogP contribution in [0.5, 0.6) is 0 Å². The van der Waals surface area contributed by atoms with Crippen molar-refractivity contribution < 1.29 is 9.18 Å². The number of anilines is 1. The summed E-state index contributed by atoms with van der Waals surface area (Å²) in [5.74, 6) is -0.274. The molecule has 1 heterocycles. The van der Waals surface area contributed by atoms with Crippen molar-refractivity contribution in [3.05, 3.63) is 58.3 Å². The maximum Gasteiger partial charge on any atom is 0.248 e. The summed E-state index contributed by atoms with van der Waals surface area (Å²) in [5, 5.41) is 14.6. The highest BCUT2D eigenvalue weighted by molar-refractivity contribution is 9.10. The molecule has 0 fully saturated rings. The first kappa shape index (κ1) is 16.3. The Hall–Kier alpha value is -2.61. The number of nitrogens with one attached hydrogen (secondary N) is 1. The normalized spacial score (nSPS) is 10.6. The molecule has 6 nitrogen and oxygen atoms in total. The zero-order valence-corrected chi connectivity index (χ0v) is 14.3. The zero-order chi connectivity index (χ0) is 17.1. The van der Waals surface area contributed by atoms with Crippen molar-refractivity contribution >= 4 is 27.5 Å². The van der Waals surface area contributed by atoms with Gasteiger partial charge in [0.1, 0.15) is 12.4 Å². The maximum atomic E-state index is 12.9. The Bertz CT molecular complexity index is 878. The van der Waals surface area contributed by atoms with Crippen molar-refractivity contribution in [3.8, 4) is 11.4 Å². The molecule has 1 aromatic heterocycles. The van der Waals surface area contributed by atoms with Crippen LogP contribution in [0.3, 0.4) is 0 Å². The largest absolute Gasteiger partial charge is 0.324 e. The molecule has 0 aliphatic rings. The van der Waals surface area contributed by atoms with Crippen LogP contribution < -0.4 is 5.32 Å². The van der Waals surface area contributed by atoms with Crippen molar-refractivity contribution in [2.24, 2.45) is 0 Å². The Kier molecular flexibility index (Phi) is 4.66. The molecule has 0 atom stereocenters. The number of halogens is 2. The van der Waals surface area contributed by atoms with Gasteiger partial charge in [0.25, 0.3) is 0 Å². The maximum absolute atomic E-state index is 12.9. The van der Waals surface area contributed by atoms with Crippen molar-refractivity contribution in [1.82, 2.24) is 20.2 Å². The summed E-state index contributed by atoms with van der Waals surface area (Å²) in [6.07, 6.45) is 0. The molecule has 0 radical (unpaired) electrons. The number of tetrazole rings is 1. The second-order valence-corrected chi connectivity index (χ2v) is 6.02. The quantitative estimate of drug-likeness (QED) is 0.743. The Morgan fingerprint density at radius 1 is 1.25 bits per heavy atom. The number of aryl methyl sites for hydroxylation is 1. The van der Waals surface area contributed by atoms with Gasteiger partial charge in [0.15, 0.2) is 0 Å². The van der Waals surface area contributed by atoms with E-state index in [1.54, 1.807) is 12.1 Å². The molecule has 122 valence electrons. The number of aromatic nitrogens is 4. The zero-order valence-electron chi connectivity index (χ0n) is 12.7. The first-order chi connectivity index (χ1) is 11.5. The Labute approximate surface area is 145 Å². The van der Waals surface area contributed by atoms with E-state index in [0.29, 0.717) is 17.1 Å². The number of carbonyl (C=O) groups excluding carboxylic acids is 1. The standard InChI is InChI=1S/C16H13BrFN5O/c1-10-2-7-13(8-14(10)17)19-15(24)9-23-21-16(20-22-23)11-3-5-12(18)6-4-11/h2-8H,9H2,1H3,(H,19,24). The van der Waals surface area contributed by atoms with E-state index in [1.807, 2.05) is 25.1 Å². The van der Waals surface area contributed by atoms with Crippen molar-refractivity contribution in [2.75, 3.05) is 5.32 Å². The molecule has 0 saturated heterocycles. The minimum Gasteiger partial charge on any atom is -0.324 e. The molecule has 0 aliphatic carbocycles. The molecule has 0 bridgehead atoms. The molecular weight excluding hydrogens is 377 g/mol. The number of nitrogens with zero attached hydrogens (tertiary/aromatic N) is 4. The monoisotopic (exact) mass is 389 g/mol. The van der Waals surface area contributed by atoms with Gasteiger partial charge in [-0.15, -0.1) is 10.2 Å². The van der Waals surface area contributed by atoms with Gasteiger partial charge >= 0.3 is 0 Å². The van der Waals surface area contributed by atoms with Gasteiger partial charge in [0, 0.05) is 15.7 Å². The van der Waals surface area contributed by atoms with Crippen LogP contribution in [0, 0.1) is 12.7 Å². The summed E-state index contributed by atoms with van der Waals surface area (Å²) in [4.78, 5) is 13.3. The van der Waals surface area contributed by atoms with E-state index < -0.39 is 0 Å². The van der Waals surface area contributed by atoms with Crippen LogP contribution in [0.2, 0.25) is 0 Å². The molecule has 2 aromatic carbocycles. The highest BCUT2D eigenvalue weighted by Crippen LogP contribution is 2.20. The fourth-order valence-corrected chi connectivity index (χ4v) is 2.40. The number of benzene rings is 2. The molecule has 3 aromatic rings. The SMILES string of the molecule is Cc1ccc(NC(=O)Cn2nnc(-c3ccc(F)cc3)n2)cc1Br. The van der Waals surface area contributed by atoms with Crippen LogP contribution in [0.15, 0.2) is 46.9 Å². The van der Waals surface area contributed by atoms with Crippen LogP contribution >= 0.6 is 15.9 Å². The first-order valence-electron chi connectivity index (χ1n) is 7.11. The Morgan fingerprint density at radius 2 is 2.00 bits per heavy atom. The lowest BCUT2D eigenvalue weighted by Gasteiger charge is -2.06. The minimum absolute atomic E-state index is 0.0698. The predicted molar refractivity (Wildman–Crippen MR) is 90.7 cm³/mol. The van der Waals surface area contributed by atoms with Gasteiger partial charge in [-0.2, -0.15) is 4.80 Å². The molecular formula is C16H13BrFN5O. The smallest absolute Gasteiger partial charge is 0.248 e. The topological polar surface area (TPSA) is 72.7 Å². The van der Waals surface area contributed by atoms with Crippen LogP contribution in [0.25, 0.3) is 11.4 Å². The fourth-order valence-electron chi connectivity index (χ4n) is 2.02. The summed E-state index contributed by atoms with van der Waals surface area (Å²) in [5.41, 5.74) is 2.39. The number of carbonyl (C=O) groups is 1. The van der Waals surface area contributed by atoms with Gasteiger partial charge < -0.3 is 5.32 Å². The molecule has 24 heavy (non-hydrogen) atoms. The lowest BCUT2D eigenvalue weighted by Crippen LogP contribution is -2.20. The fraction of sp³-hybridized carbons (Fsp3) is 0.125. The Balaban J connectivity index is 1.66. The number of hydrogen-bond donors (Lipinski definition) is 1. The second kappa shape index (κ2) is 6.88. The van der Waals surface area contributed by atoms with Crippen LogP contribution in [0.1, 0.15) is 5.56 Å². The van der Waals surface area contributed by atoms with E-state index in [1.165, 1.54) is 16.9 Å². The van der Waals surface area contributed by atoms with E-state index in [9.17, 15) is 9.18 Å². The second-order valence-electron chi connectivity index (χ2n) is 5.16. The third kappa shape index (κ3) is 3.83. The first-order valence-corrected chi connectivity index (χ1v) is 7.90. The third-order valence-electron chi connectivity index (χ3n) is 3.30. The average molecular weight is 390 g/mol. The highest BCUT2D eigenvalue weighted by atomic mass is 79.9. The number of amides is 1. The predicted octanol–water partition coefficient (Wildman–Crippen LogP) is 3.19. The summed E-state index contributed by atoms with van der Waals surface area (Å²) in [6.45, 7) is 1.89. The van der Waals surface area contributed by atoms with E-state index in [4.69, 9.17) is 0 Å². The third-order valence-corrected chi connectivity index (χ3v) is 4.15. The Morgan fingerprint density at radius 3 is 2.71 bits per heavy atom. The summed E-state index contributed by atoms with van der Waals surface area (Å²) in [6, 6.07) is 11.3. The molecule has 0 spiro atoms. The lowest BCUT2D eigenvalue weighted by atomic mass is 10.2. The van der Waals surface area contributed by atoms with E-state index in [2.05, 4.69) is 36.7 Å². The van der Waals surface area contributed by atoms with Gasteiger partial charge in [-0.3, -0.25) is 4.79 Å². The van der Waals surface area contributed by atoms with Gasteiger partial charge in [0.2, 0.25) is 11.7 Å². The van der Waals surface area contributed by atoms with Crippen LogP contribution in [-0.2, 0) is 11.3 Å². The van der Waals surface area contributed by atoms with Crippen LogP contribution in [-0.4, -0.2) is 26.1 Å². The van der Waals surface area contributed by atoms with Crippen molar-refractivity contribution in [1.29, 1.82) is 0 Å². The summed E-state index contributed by atoms with van der Waals surface area (Å²) in [7, 11) is 0. The lowest BCUT2D eigenvalue weighted by molar-refractivity contribution is -0.117. The molecule has 0 unspecified atom stereocenters. The van der Waals surface area contributed by atoms with Crippen LogP contribution in [0.4, 0.5) is 10.1 Å². The van der Waals surface area contributed by atoms with E-state index in [-0.39, 0.29) is 18.3 Å². The van der Waals surface area contributed by atoms with Crippen molar-refractivity contribution in [2.45, 2.75) is 13.5 Å². The molecule has 8 heteroatoms. The van der Waals surface area contributed by atoms with Gasteiger partial charge in [-0.05, 0) is 54.1 Å².